The number of hydrogen-bond donors (Lipinski definition) is 1. The number of ether oxygens (including phenoxy) is 1. The summed E-state index contributed by atoms with van der Waals surface area (Å²) in [5, 5.41) is 8.61. The number of aliphatic hydroxyl groups excluding tert-OH is 1. The van der Waals surface area contributed by atoms with Gasteiger partial charge in [-0.3, -0.25) is 0 Å². The Labute approximate surface area is 98.3 Å². The van der Waals surface area contributed by atoms with Gasteiger partial charge in [0.1, 0.15) is 5.75 Å². The molecule has 1 N–H and O–H groups in total. The van der Waals surface area contributed by atoms with Gasteiger partial charge in [-0.2, -0.15) is 0 Å². The van der Waals surface area contributed by atoms with E-state index in [1.54, 1.807) is 30.3 Å². The zero-order valence-corrected chi connectivity index (χ0v) is 6.36. The molecule has 0 heterocycles. The Morgan fingerprint density at radius 3 is 2.31 bits per heavy atom. The summed E-state index contributed by atoms with van der Waals surface area (Å²) in [6.07, 6.45) is 0. The molecule has 0 aliphatic rings. The van der Waals surface area contributed by atoms with E-state index < -0.39 is 11.7 Å². The number of benzene rings is 1. The van der Waals surface area contributed by atoms with E-state index in [0.717, 1.165) is 0 Å². The molecular weight excluding hydrogens is 179 g/mol. The van der Waals surface area contributed by atoms with Crippen LogP contribution in [-0.2, 0) is 4.79 Å². The standard InChI is InChI=1S/C9H8O3.Na.H/c1-7(10)9(11)12-8-5-3-2-4-6-8;;/h2-6,10H,1H2;;. The van der Waals surface area contributed by atoms with Gasteiger partial charge in [0.25, 0.3) is 0 Å². The quantitative estimate of drug-likeness (QED) is 0.248. The Morgan fingerprint density at radius 1 is 1.31 bits per heavy atom. The molecule has 0 amide bonds. The van der Waals surface area contributed by atoms with E-state index in [1.165, 1.54) is 0 Å². The molecule has 0 bridgehead atoms. The van der Waals surface area contributed by atoms with Gasteiger partial charge < -0.3 is 9.84 Å². The van der Waals surface area contributed by atoms with Crippen LogP contribution in [-0.4, -0.2) is 40.6 Å². The normalized spacial score (nSPS) is 8.31. The molecule has 1 aromatic carbocycles. The Morgan fingerprint density at radius 2 is 1.85 bits per heavy atom. The average Bonchev–Trinajstić information content (AvgIpc) is 2.06. The third-order valence-electron chi connectivity index (χ3n) is 1.19. The monoisotopic (exact) mass is 188 g/mol. The topological polar surface area (TPSA) is 46.5 Å². The fourth-order valence-corrected chi connectivity index (χ4v) is 0.654. The Bertz CT molecular complexity index is 295. The first-order valence-electron chi connectivity index (χ1n) is 3.35. The van der Waals surface area contributed by atoms with Crippen molar-refractivity contribution in [1.29, 1.82) is 0 Å². The van der Waals surface area contributed by atoms with Crippen LogP contribution in [0.3, 0.4) is 0 Å². The van der Waals surface area contributed by atoms with Crippen molar-refractivity contribution in [2.45, 2.75) is 0 Å². The molecule has 0 atom stereocenters. The molecule has 0 aromatic heterocycles. The van der Waals surface area contributed by atoms with E-state index >= 15 is 0 Å². The second-order valence-electron chi connectivity index (χ2n) is 2.15. The fourth-order valence-electron chi connectivity index (χ4n) is 0.654. The zero-order chi connectivity index (χ0) is 8.97. The van der Waals surface area contributed by atoms with Gasteiger partial charge in [-0.05, 0) is 18.7 Å². The molecule has 1 aromatic rings. The first-order valence-corrected chi connectivity index (χ1v) is 3.35. The predicted molar refractivity (Wildman–Crippen MR) is 51.0 cm³/mol. The van der Waals surface area contributed by atoms with Crippen LogP contribution in [0.4, 0.5) is 0 Å². The Kier molecular flexibility index (Phi) is 5.46. The van der Waals surface area contributed by atoms with Crippen molar-refractivity contribution < 1.29 is 14.6 Å². The van der Waals surface area contributed by atoms with E-state index in [4.69, 9.17) is 5.11 Å². The number of hydrogen-bond acceptors (Lipinski definition) is 3. The van der Waals surface area contributed by atoms with Crippen LogP contribution in [0.1, 0.15) is 0 Å². The number of carbonyl (C=O) groups excluding carboxylic acids is 1. The maximum atomic E-state index is 10.7. The van der Waals surface area contributed by atoms with Crippen LogP contribution in [0.2, 0.25) is 0 Å². The second kappa shape index (κ2) is 5.80. The number of aliphatic hydroxyl groups is 1. The SMILES string of the molecule is C=C(O)C(=O)Oc1ccccc1.[NaH]. The molecule has 1 rings (SSSR count). The van der Waals surface area contributed by atoms with Crippen molar-refractivity contribution in [3.63, 3.8) is 0 Å². The third-order valence-corrected chi connectivity index (χ3v) is 1.19. The summed E-state index contributed by atoms with van der Waals surface area (Å²) >= 11 is 0. The number of para-hydroxylation sites is 1. The summed E-state index contributed by atoms with van der Waals surface area (Å²) in [4.78, 5) is 10.7. The molecule has 0 fully saturated rings. The molecule has 64 valence electrons. The third kappa shape index (κ3) is 4.12. The van der Waals surface area contributed by atoms with Crippen LogP contribution in [0, 0.1) is 0 Å². The van der Waals surface area contributed by atoms with Gasteiger partial charge in [-0.1, -0.05) is 18.2 Å². The van der Waals surface area contributed by atoms with Gasteiger partial charge in [0.15, 0.2) is 5.76 Å². The Balaban J connectivity index is 0.00000144. The maximum absolute atomic E-state index is 10.7. The average molecular weight is 188 g/mol. The molecule has 4 heteroatoms. The molecule has 0 saturated carbocycles. The summed E-state index contributed by atoms with van der Waals surface area (Å²) in [5.74, 6) is -1.04. The van der Waals surface area contributed by atoms with E-state index in [0.29, 0.717) is 5.75 Å². The molecule has 0 spiro atoms. The van der Waals surface area contributed by atoms with E-state index in [-0.39, 0.29) is 29.6 Å². The summed E-state index contributed by atoms with van der Waals surface area (Å²) in [6, 6.07) is 8.47. The van der Waals surface area contributed by atoms with Crippen LogP contribution < -0.4 is 4.74 Å². The first-order chi connectivity index (χ1) is 5.70. The summed E-state index contributed by atoms with van der Waals surface area (Å²) < 4.78 is 4.69. The number of carbonyl (C=O) groups is 1. The van der Waals surface area contributed by atoms with Gasteiger partial charge >= 0.3 is 35.5 Å². The fraction of sp³-hybridized carbons (Fsp3) is 0. The minimum atomic E-state index is -0.832. The predicted octanol–water partition coefficient (Wildman–Crippen LogP) is 1.02. The van der Waals surface area contributed by atoms with Crippen LogP contribution >= 0.6 is 0 Å². The molecule has 13 heavy (non-hydrogen) atoms. The van der Waals surface area contributed by atoms with Crippen LogP contribution in [0.25, 0.3) is 0 Å². The van der Waals surface area contributed by atoms with Crippen molar-refractivity contribution in [2.24, 2.45) is 0 Å². The van der Waals surface area contributed by atoms with E-state index in [1.807, 2.05) is 0 Å². The van der Waals surface area contributed by atoms with Gasteiger partial charge in [-0.15, -0.1) is 0 Å². The zero-order valence-electron chi connectivity index (χ0n) is 6.36. The molecule has 0 saturated heterocycles. The van der Waals surface area contributed by atoms with Crippen molar-refractivity contribution in [3.05, 3.63) is 42.7 Å². The van der Waals surface area contributed by atoms with E-state index in [2.05, 4.69) is 11.3 Å². The van der Waals surface area contributed by atoms with Crippen molar-refractivity contribution in [1.82, 2.24) is 0 Å². The minimum absolute atomic E-state index is 0. The van der Waals surface area contributed by atoms with Gasteiger partial charge in [0, 0.05) is 0 Å². The number of rotatable bonds is 2. The van der Waals surface area contributed by atoms with E-state index in [9.17, 15) is 4.79 Å². The summed E-state index contributed by atoms with van der Waals surface area (Å²) in [7, 11) is 0. The van der Waals surface area contributed by atoms with Crippen molar-refractivity contribution in [3.8, 4) is 5.75 Å². The van der Waals surface area contributed by atoms with Gasteiger partial charge in [0.05, 0.1) is 0 Å². The molecule has 0 radical (unpaired) electrons. The molecular formula is C9H9NaO3. The molecule has 0 unspecified atom stereocenters. The molecule has 0 aliphatic carbocycles. The van der Waals surface area contributed by atoms with Gasteiger partial charge in [0.2, 0.25) is 0 Å². The Hall–Kier alpha value is -0.770. The van der Waals surface area contributed by atoms with Crippen molar-refractivity contribution >= 4 is 35.5 Å². The summed E-state index contributed by atoms with van der Waals surface area (Å²) in [5.41, 5.74) is 0. The first kappa shape index (κ1) is 12.2. The number of esters is 1. The second-order valence-corrected chi connectivity index (χ2v) is 2.15. The van der Waals surface area contributed by atoms with Gasteiger partial charge in [-0.25, -0.2) is 4.79 Å². The molecule has 0 aliphatic heterocycles. The van der Waals surface area contributed by atoms with Crippen molar-refractivity contribution in [2.75, 3.05) is 0 Å². The van der Waals surface area contributed by atoms with Crippen LogP contribution in [0.15, 0.2) is 42.7 Å². The molecule has 3 nitrogen and oxygen atoms in total. The summed E-state index contributed by atoms with van der Waals surface area (Å²) in [6.45, 7) is 3.03. The van der Waals surface area contributed by atoms with Crippen LogP contribution in [0.5, 0.6) is 5.75 Å².